The van der Waals surface area contributed by atoms with E-state index in [1.807, 2.05) is 0 Å². The SMILES string of the molecule is CO[Si](OC)(OC)C1CC2CCCCCCC21. The van der Waals surface area contributed by atoms with Crippen molar-refractivity contribution in [2.45, 2.75) is 50.5 Å². The third-order valence-corrected chi connectivity index (χ3v) is 8.13. The molecule has 0 bridgehead atoms. The van der Waals surface area contributed by atoms with E-state index in [9.17, 15) is 0 Å². The van der Waals surface area contributed by atoms with Gasteiger partial charge in [0.05, 0.1) is 0 Å². The summed E-state index contributed by atoms with van der Waals surface area (Å²) in [5.74, 6) is 1.70. The monoisotopic (exact) mass is 258 g/mol. The summed E-state index contributed by atoms with van der Waals surface area (Å²) in [6, 6.07) is 0. The molecule has 0 spiro atoms. The summed E-state index contributed by atoms with van der Waals surface area (Å²) in [6.45, 7) is 0. The summed E-state index contributed by atoms with van der Waals surface area (Å²) < 4.78 is 17.0. The van der Waals surface area contributed by atoms with Gasteiger partial charge in [0, 0.05) is 26.9 Å². The van der Waals surface area contributed by atoms with Gasteiger partial charge in [-0.1, -0.05) is 32.1 Å². The van der Waals surface area contributed by atoms with Gasteiger partial charge in [-0.15, -0.1) is 0 Å². The van der Waals surface area contributed by atoms with E-state index in [2.05, 4.69) is 0 Å². The molecular weight excluding hydrogens is 232 g/mol. The lowest BCUT2D eigenvalue weighted by Crippen LogP contribution is -2.56. The Hall–Kier alpha value is 0.0969. The Bertz CT molecular complexity index is 235. The van der Waals surface area contributed by atoms with E-state index in [4.69, 9.17) is 13.3 Å². The van der Waals surface area contributed by atoms with Crippen LogP contribution in [0.5, 0.6) is 0 Å². The van der Waals surface area contributed by atoms with Crippen LogP contribution in [0.2, 0.25) is 5.54 Å². The molecule has 2 rings (SSSR count). The van der Waals surface area contributed by atoms with Gasteiger partial charge in [0.1, 0.15) is 0 Å². The van der Waals surface area contributed by atoms with Crippen molar-refractivity contribution in [3.63, 3.8) is 0 Å². The van der Waals surface area contributed by atoms with Crippen molar-refractivity contribution < 1.29 is 13.3 Å². The molecule has 0 saturated heterocycles. The first kappa shape index (κ1) is 13.5. The molecule has 2 aliphatic rings. The topological polar surface area (TPSA) is 27.7 Å². The van der Waals surface area contributed by atoms with Gasteiger partial charge in [-0.25, -0.2) is 0 Å². The van der Waals surface area contributed by atoms with E-state index in [0.717, 1.165) is 11.8 Å². The molecule has 100 valence electrons. The van der Waals surface area contributed by atoms with Crippen LogP contribution in [0.25, 0.3) is 0 Å². The molecule has 0 N–H and O–H groups in total. The molecule has 0 aromatic heterocycles. The van der Waals surface area contributed by atoms with Crippen LogP contribution in [0.1, 0.15) is 44.9 Å². The van der Waals surface area contributed by atoms with Gasteiger partial charge in [0.25, 0.3) is 0 Å². The third-order valence-electron chi connectivity index (χ3n) is 4.85. The van der Waals surface area contributed by atoms with Crippen molar-refractivity contribution >= 4 is 8.80 Å². The predicted octanol–water partition coefficient (Wildman–Crippen LogP) is 3.23. The molecule has 0 heterocycles. The summed E-state index contributed by atoms with van der Waals surface area (Å²) in [4.78, 5) is 0. The van der Waals surface area contributed by atoms with Crippen LogP contribution in [0.15, 0.2) is 0 Å². The summed E-state index contributed by atoms with van der Waals surface area (Å²) >= 11 is 0. The second-order valence-corrected chi connectivity index (χ2v) is 8.65. The van der Waals surface area contributed by atoms with Gasteiger partial charge in [-0.3, -0.25) is 0 Å². The van der Waals surface area contributed by atoms with E-state index < -0.39 is 8.80 Å². The van der Waals surface area contributed by atoms with Crippen LogP contribution in [-0.4, -0.2) is 30.1 Å². The minimum atomic E-state index is -2.38. The third kappa shape index (κ3) is 2.45. The van der Waals surface area contributed by atoms with Gasteiger partial charge in [-0.05, 0) is 24.7 Å². The Morgan fingerprint density at radius 3 is 2.00 bits per heavy atom. The minimum absolute atomic E-state index is 0.547. The first-order chi connectivity index (χ1) is 8.27. The molecule has 2 saturated carbocycles. The highest BCUT2D eigenvalue weighted by Gasteiger charge is 2.58. The van der Waals surface area contributed by atoms with E-state index in [1.54, 1.807) is 21.3 Å². The molecule has 0 aromatic rings. The Morgan fingerprint density at radius 2 is 1.41 bits per heavy atom. The lowest BCUT2D eigenvalue weighted by atomic mass is 9.67. The molecule has 0 aliphatic heterocycles. The molecule has 0 radical (unpaired) electrons. The molecule has 2 fully saturated rings. The van der Waals surface area contributed by atoms with E-state index >= 15 is 0 Å². The average molecular weight is 258 g/mol. The Labute approximate surface area is 106 Å². The van der Waals surface area contributed by atoms with Gasteiger partial charge < -0.3 is 13.3 Å². The summed E-state index contributed by atoms with van der Waals surface area (Å²) in [6.07, 6.45) is 9.62. The zero-order valence-electron chi connectivity index (χ0n) is 11.4. The number of hydrogen-bond acceptors (Lipinski definition) is 3. The van der Waals surface area contributed by atoms with Crippen LogP contribution < -0.4 is 0 Å². The standard InChI is InChI=1S/C13H26O3Si/c1-14-17(15-2,16-3)13-10-11-8-6-4-5-7-9-12(11)13/h11-13H,4-10H2,1-3H3. The fraction of sp³-hybridized carbons (Fsp3) is 1.00. The second-order valence-electron chi connectivity index (χ2n) is 5.47. The summed E-state index contributed by atoms with van der Waals surface area (Å²) in [5, 5.41) is 0. The summed E-state index contributed by atoms with van der Waals surface area (Å²) in [7, 11) is 2.86. The molecular formula is C13H26O3Si. The fourth-order valence-corrected chi connectivity index (χ4v) is 6.79. The van der Waals surface area contributed by atoms with E-state index in [1.165, 1.54) is 44.9 Å². The van der Waals surface area contributed by atoms with Crippen molar-refractivity contribution in [3.05, 3.63) is 0 Å². The highest BCUT2D eigenvalue weighted by molar-refractivity contribution is 6.62. The van der Waals surface area contributed by atoms with Crippen LogP contribution in [-0.2, 0) is 13.3 Å². The maximum atomic E-state index is 5.66. The fourth-order valence-electron chi connectivity index (χ4n) is 3.83. The summed E-state index contributed by atoms with van der Waals surface area (Å²) in [5.41, 5.74) is 0.547. The Balaban J connectivity index is 2.02. The average Bonchev–Trinajstić information content (AvgIpc) is 2.33. The van der Waals surface area contributed by atoms with Gasteiger partial charge in [0.15, 0.2) is 0 Å². The Morgan fingerprint density at radius 1 is 0.824 bits per heavy atom. The lowest BCUT2D eigenvalue weighted by molar-refractivity contribution is 0.0384. The quantitative estimate of drug-likeness (QED) is 0.725. The highest BCUT2D eigenvalue weighted by atomic mass is 28.4. The first-order valence-corrected chi connectivity index (χ1v) is 8.73. The van der Waals surface area contributed by atoms with Crippen molar-refractivity contribution in [1.29, 1.82) is 0 Å². The van der Waals surface area contributed by atoms with Gasteiger partial charge in [0.2, 0.25) is 0 Å². The van der Waals surface area contributed by atoms with Crippen LogP contribution in [0.3, 0.4) is 0 Å². The highest BCUT2D eigenvalue weighted by Crippen LogP contribution is 2.55. The van der Waals surface area contributed by atoms with E-state index in [0.29, 0.717) is 5.54 Å². The molecule has 17 heavy (non-hydrogen) atoms. The van der Waals surface area contributed by atoms with E-state index in [-0.39, 0.29) is 0 Å². The molecule has 3 nitrogen and oxygen atoms in total. The minimum Gasteiger partial charge on any atom is -0.377 e. The number of rotatable bonds is 4. The van der Waals surface area contributed by atoms with Crippen molar-refractivity contribution in [2.24, 2.45) is 11.8 Å². The molecule has 3 unspecified atom stereocenters. The van der Waals surface area contributed by atoms with Crippen LogP contribution in [0.4, 0.5) is 0 Å². The lowest BCUT2D eigenvalue weighted by Gasteiger charge is -2.50. The molecule has 2 aliphatic carbocycles. The van der Waals surface area contributed by atoms with Crippen molar-refractivity contribution in [2.75, 3.05) is 21.3 Å². The van der Waals surface area contributed by atoms with Crippen molar-refractivity contribution in [1.82, 2.24) is 0 Å². The molecule has 0 amide bonds. The van der Waals surface area contributed by atoms with Gasteiger partial charge in [-0.2, -0.15) is 0 Å². The maximum absolute atomic E-state index is 5.66. The molecule has 0 aromatic carbocycles. The predicted molar refractivity (Wildman–Crippen MR) is 69.8 cm³/mol. The van der Waals surface area contributed by atoms with Crippen LogP contribution >= 0.6 is 0 Å². The zero-order valence-corrected chi connectivity index (χ0v) is 12.4. The Kier molecular flexibility index (Phi) is 4.63. The number of hydrogen-bond donors (Lipinski definition) is 0. The van der Waals surface area contributed by atoms with Crippen molar-refractivity contribution in [3.8, 4) is 0 Å². The smallest absolute Gasteiger partial charge is 0.377 e. The zero-order chi connectivity index (χ0) is 12.3. The molecule has 3 atom stereocenters. The maximum Gasteiger partial charge on any atom is 0.503 e. The normalized spacial score (nSPS) is 34.4. The first-order valence-electron chi connectivity index (χ1n) is 6.93. The van der Waals surface area contributed by atoms with Crippen LogP contribution in [0, 0.1) is 11.8 Å². The number of fused-ring (bicyclic) bond motifs is 1. The van der Waals surface area contributed by atoms with Gasteiger partial charge >= 0.3 is 8.80 Å². The second kappa shape index (κ2) is 5.82. The molecule has 4 heteroatoms. The largest absolute Gasteiger partial charge is 0.503 e.